The van der Waals surface area contributed by atoms with E-state index in [0.717, 1.165) is 41.5 Å². The lowest BCUT2D eigenvalue weighted by Gasteiger charge is -2.27. The highest BCUT2D eigenvalue weighted by Crippen LogP contribution is 2.28. The first-order valence-corrected chi connectivity index (χ1v) is 11.1. The van der Waals surface area contributed by atoms with Gasteiger partial charge in [-0.05, 0) is 42.8 Å². The molecule has 1 saturated heterocycles. The SMILES string of the molecule is O=C(Cc1csc(-c2cccs2)n1)Nc1ccccc1C(=O)N1CCCCC1. The number of hydrogen-bond donors (Lipinski definition) is 1. The molecule has 1 aliphatic heterocycles. The molecule has 2 aromatic heterocycles. The zero-order valence-electron chi connectivity index (χ0n) is 15.4. The summed E-state index contributed by atoms with van der Waals surface area (Å²) in [5, 5.41) is 7.76. The lowest BCUT2D eigenvalue weighted by molar-refractivity contribution is -0.115. The predicted molar refractivity (Wildman–Crippen MR) is 114 cm³/mol. The van der Waals surface area contributed by atoms with Crippen molar-refractivity contribution in [3.05, 3.63) is 58.4 Å². The summed E-state index contributed by atoms with van der Waals surface area (Å²) in [6, 6.07) is 11.2. The van der Waals surface area contributed by atoms with Gasteiger partial charge in [0, 0.05) is 18.5 Å². The van der Waals surface area contributed by atoms with E-state index in [9.17, 15) is 9.59 Å². The van der Waals surface area contributed by atoms with Crippen LogP contribution in [-0.4, -0.2) is 34.8 Å². The van der Waals surface area contributed by atoms with Gasteiger partial charge in [0.1, 0.15) is 5.01 Å². The number of likely N-dealkylation sites (tertiary alicyclic amines) is 1. The summed E-state index contributed by atoms with van der Waals surface area (Å²) in [7, 11) is 0. The van der Waals surface area contributed by atoms with Crippen molar-refractivity contribution in [2.45, 2.75) is 25.7 Å². The van der Waals surface area contributed by atoms with Crippen molar-refractivity contribution in [3.63, 3.8) is 0 Å². The van der Waals surface area contributed by atoms with E-state index in [1.165, 1.54) is 6.42 Å². The summed E-state index contributed by atoms with van der Waals surface area (Å²) >= 11 is 3.18. The Morgan fingerprint density at radius 1 is 1.04 bits per heavy atom. The number of aromatic nitrogens is 1. The molecule has 0 spiro atoms. The number of hydrogen-bond acceptors (Lipinski definition) is 5. The first kappa shape index (κ1) is 18.8. The second-order valence-corrected chi connectivity index (χ2v) is 8.55. The fraction of sp³-hybridized carbons (Fsp3) is 0.286. The maximum absolute atomic E-state index is 12.9. The van der Waals surface area contributed by atoms with Crippen LogP contribution in [0.5, 0.6) is 0 Å². The van der Waals surface area contributed by atoms with E-state index in [1.54, 1.807) is 34.8 Å². The number of amides is 2. The average Bonchev–Trinajstić information content (AvgIpc) is 3.40. The summed E-state index contributed by atoms with van der Waals surface area (Å²) in [6.07, 6.45) is 3.44. The number of benzene rings is 1. The molecule has 4 rings (SSSR count). The quantitative estimate of drug-likeness (QED) is 0.663. The van der Waals surface area contributed by atoms with Crippen molar-refractivity contribution in [2.24, 2.45) is 0 Å². The Hall–Kier alpha value is -2.51. The van der Waals surface area contributed by atoms with Crippen LogP contribution < -0.4 is 5.32 Å². The number of thiophene rings is 1. The Kier molecular flexibility index (Phi) is 5.83. The Labute approximate surface area is 172 Å². The van der Waals surface area contributed by atoms with E-state index in [2.05, 4.69) is 10.3 Å². The third-order valence-corrected chi connectivity index (χ3v) is 6.63. The molecule has 0 radical (unpaired) electrons. The van der Waals surface area contributed by atoms with E-state index in [1.807, 2.05) is 39.9 Å². The molecule has 1 aliphatic rings. The number of piperidine rings is 1. The molecule has 28 heavy (non-hydrogen) atoms. The molecule has 1 N–H and O–H groups in total. The van der Waals surface area contributed by atoms with Crippen molar-refractivity contribution in [3.8, 4) is 9.88 Å². The van der Waals surface area contributed by atoms with E-state index in [-0.39, 0.29) is 18.2 Å². The van der Waals surface area contributed by atoms with Crippen molar-refractivity contribution in [1.82, 2.24) is 9.88 Å². The van der Waals surface area contributed by atoms with Gasteiger partial charge in [-0.3, -0.25) is 9.59 Å². The van der Waals surface area contributed by atoms with Gasteiger partial charge in [-0.2, -0.15) is 0 Å². The highest BCUT2D eigenvalue weighted by molar-refractivity contribution is 7.20. The summed E-state index contributed by atoms with van der Waals surface area (Å²) in [5.41, 5.74) is 1.86. The van der Waals surface area contributed by atoms with Crippen LogP contribution in [0.4, 0.5) is 5.69 Å². The monoisotopic (exact) mass is 411 g/mol. The van der Waals surface area contributed by atoms with Crippen molar-refractivity contribution in [1.29, 1.82) is 0 Å². The molecule has 3 aromatic rings. The maximum atomic E-state index is 12.9. The van der Waals surface area contributed by atoms with E-state index in [0.29, 0.717) is 11.3 Å². The van der Waals surface area contributed by atoms with Gasteiger partial charge in [0.25, 0.3) is 5.91 Å². The van der Waals surface area contributed by atoms with Gasteiger partial charge in [-0.15, -0.1) is 22.7 Å². The molecular weight excluding hydrogens is 390 g/mol. The minimum atomic E-state index is -0.165. The molecule has 0 saturated carbocycles. The Morgan fingerprint density at radius 3 is 2.64 bits per heavy atom. The molecule has 1 fully saturated rings. The summed E-state index contributed by atoms with van der Waals surface area (Å²) in [4.78, 5) is 33.0. The Balaban J connectivity index is 1.44. The van der Waals surface area contributed by atoms with Crippen LogP contribution in [0.15, 0.2) is 47.2 Å². The number of carbonyl (C=O) groups is 2. The fourth-order valence-corrected chi connectivity index (χ4v) is 4.94. The molecule has 144 valence electrons. The van der Waals surface area contributed by atoms with E-state index in [4.69, 9.17) is 0 Å². The molecule has 0 atom stereocenters. The number of rotatable bonds is 5. The topological polar surface area (TPSA) is 62.3 Å². The van der Waals surface area contributed by atoms with Gasteiger partial charge < -0.3 is 10.2 Å². The number of nitrogens with one attached hydrogen (secondary N) is 1. The minimum Gasteiger partial charge on any atom is -0.339 e. The van der Waals surface area contributed by atoms with Gasteiger partial charge in [-0.1, -0.05) is 18.2 Å². The third-order valence-electron chi connectivity index (χ3n) is 4.70. The van der Waals surface area contributed by atoms with Gasteiger partial charge in [0.2, 0.25) is 5.91 Å². The fourth-order valence-electron chi connectivity index (χ4n) is 3.31. The summed E-state index contributed by atoms with van der Waals surface area (Å²) < 4.78 is 0. The number of thiazole rings is 1. The molecule has 5 nitrogen and oxygen atoms in total. The Morgan fingerprint density at radius 2 is 1.86 bits per heavy atom. The number of nitrogens with zero attached hydrogens (tertiary/aromatic N) is 2. The molecule has 0 unspecified atom stereocenters. The van der Waals surface area contributed by atoms with Crippen LogP contribution in [0.25, 0.3) is 9.88 Å². The molecule has 0 bridgehead atoms. The van der Waals surface area contributed by atoms with Crippen LogP contribution in [0.3, 0.4) is 0 Å². The second kappa shape index (κ2) is 8.67. The van der Waals surface area contributed by atoms with E-state index < -0.39 is 0 Å². The van der Waals surface area contributed by atoms with Crippen molar-refractivity contribution < 1.29 is 9.59 Å². The van der Waals surface area contributed by atoms with Crippen molar-refractivity contribution >= 4 is 40.2 Å². The van der Waals surface area contributed by atoms with Crippen LogP contribution >= 0.6 is 22.7 Å². The maximum Gasteiger partial charge on any atom is 0.255 e. The normalized spacial score (nSPS) is 14.1. The van der Waals surface area contributed by atoms with Crippen LogP contribution in [0.1, 0.15) is 35.3 Å². The van der Waals surface area contributed by atoms with Gasteiger partial charge in [-0.25, -0.2) is 4.98 Å². The smallest absolute Gasteiger partial charge is 0.255 e. The third kappa shape index (κ3) is 4.31. The largest absolute Gasteiger partial charge is 0.339 e. The first-order valence-electron chi connectivity index (χ1n) is 9.37. The zero-order chi connectivity index (χ0) is 19.3. The van der Waals surface area contributed by atoms with Crippen LogP contribution in [0.2, 0.25) is 0 Å². The highest BCUT2D eigenvalue weighted by atomic mass is 32.1. The second-order valence-electron chi connectivity index (χ2n) is 6.74. The van der Waals surface area contributed by atoms with Gasteiger partial charge >= 0.3 is 0 Å². The number of para-hydroxylation sites is 1. The van der Waals surface area contributed by atoms with Gasteiger partial charge in [0.05, 0.1) is 28.2 Å². The summed E-state index contributed by atoms with van der Waals surface area (Å²) in [6.45, 7) is 1.57. The lowest BCUT2D eigenvalue weighted by Crippen LogP contribution is -2.36. The molecule has 7 heteroatoms. The standard InChI is InChI=1S/C21H21N3O2S2/c25-19(13-15-14-28-20(22-15)18-9-6-12-27-18)23-17-8-3-2-7-16(17)21(26)24-10-4-1-5-11-24/h2-3,6-9,12,14H,1,4-5,10-11,13H2,(H,23,25). The Bertz CT molecular complexity index is 960. The predicted octanol–water partition coefficient (Wildman–Crippen LogP) is 4.68. The summed E-state index contributed by atoms with van der Waals surface area (Å²) in [5.74, 6) is -0.175. The van der Waals surface area contributed by atoms with E-state index >= 15 is 0 Å². The van der Waals surface area contributed by atoms with Gasteiger partial charge in [0.15, 0.2) is 0 Å². The molecular formula is C21H21N3O2S2. The highest BCUT2D eigenvalue weighted by Gasteiger charge is 2.21. The van der Waals surface area contributed by atoms with Crippen LogP contribution in [0, 0.1) is 0 Å². The zero-order valence-corrected chi connectivity index (χ0v) is 17.0. The first-order chi connectivity index (χ1) is 13.7. The molecule has 0 aliphatic carbocycles. The van der Waals surface area contributed by atoms with Crippen LogP contribution in [-0.2, 0) is 11.2 Å². The molecule has 2 amide bonds. The number of carbonyl (C=O) groups excluding carboxylic acids is 2. The lowest BCUT2D eigenvalue weighted by atomic mass is 10.1. The number of anilines is 1. The minimum absolute atomic E-state index is 0.00996. The van der Waals surface area contributed by atoms with Crippen molar-refractivity contribution in [2.75, 3.05) is 18.4 Å². The molecule has 3 heterocycles. The average molecular weight is 412 g/mol. The molecule has 1 aromatic carbocycles.